The third-order valence-corrected chi connectivity index (χ3v) is 5.48. The van der Waals surface area contributed by atoms with E-state index in [9.17, 15) is 10.2 Å². The van der Waals surface area contributed by atoms with Gasteiger partial charge in [-0.3, -0.25) is 0 Å². The SMILES string of the molecule is Cc1ccc(NC(=S)C(=C([O-])c2cccs2)[n+]2cccc(CO)c2)cc1Cl. The summed E-state index contributed by atoms with van der Waals surface area (Å²) in [6, 6.07) is 12.6. The van der Waals surface area contributed by atoms with Gasteiger partial charge in [-0.2, -0.15) is 4.57 Å². The average molecular weight is 417 g/mol. The predicted octanol–water partition coefficient (Wildman–Crippen LogP) is 3.62. The second kappa shape index (κ2) is 8.63. The first-order valence-electron chi connectivity index (χ1n) is 8.13. The quantitative estimate of drug-likeness (QED) is 0.288. The van der Waals surface area contributed by atoms with Crippen LogP contribution >= 0.6 is 35.2 Å². The molecule has 0 saturated carbocycles. The highest BCUT2D eigenvalue weighted by Gasteiger charge is 2.20. The summed E-state index contributed by atoms with van der Waals surface area (Å²) in [4.78, 5) is 0.853. The highest BCUT2D eigenvalue weighted by Crippen LogP contribution is 2.23. The van der Waals surface area contributed by atoms with E-state index in [0.29, 0.717) is 26.8 Å². The van der Waals surface area contributed by atoms with Gasteiger partial charge in [-0.15, -0.1) is 11.3 Å². The molecule has 2 N–H and O–H groups in total. The van der Waals surface area contributed by atoms with Gasteiger partial charge in [0.25, 0.3) is 0 Å². The van der Waals surface area contributed by atoms with Crippen molar-refractivity contribution in [2.45, 2.75) is 13.5 Å². The molecule has 7 heteroatoms. The Balaban J connectivity index is 2.05. The Kier molecular flexibility index (Phi) is 6.23. The van der Waals surface area contributed by atoms with Gasteiger partial charge in [0.15, 0.2) is 17.4 Å². The summed E-state index contributed by atoms with van der Waals surface area (Å²) in [7, 11) is 0. The van der Waals surface area contributed by atoms with E-state index in [4.69, 9.17) is 23.8 Å². The molecule has 138 valence electrons. The molecule has 0 aliphatic carbocycles. The molecule has 3 aromatic rings. The summed E-state index contributed by atoms with van der Waals surface area (Å²) >= 11 is 13.1. The van der Waals surface area contributed by atoms with Gasteiger partial charge in [-0.1, -0.05) is 36.0 Å². The van der Waals surface area contributed by atoms with Crippen LogP contribution in [0.15, 0.2) is 60.2 Å². The second-order valence-electron chi connectivity index (χ2n) is 5.85. The van der Waals surface area contributed by atoms with Crippen molar-refractivity contribution in [1.29, 1.82) is 0 Å². The zero-order chi connectivity index (χ0) is 19.4. The smallest absolute Gasteiger partial charge is 0.239 e. The van der Waals surface area contributed by atoms with Gasteiger partial charge in [0.1, 0.15) is 0 Å². The van der Waals surface area contributed by atoms with E-state index in [1.807, 2.05) is 30.5 Å². The van der Waals surface area contributed by atoms with Crippen molar-refractivity contribution >= 4 is 57.3 Å². The molecule has 0 spiro atoms. The fourth-order valence-electron chi connectivity index (χ4n) is 2.48. The number of rotatable bonds is 5. The first-order valence-corrected chi connectivity index (χ1v) is 9.80. The van der Waals surface area contributed by atoms with Crippen LogP contribution in [0.1, 0.15) is 16.0 Å². The highest BCUT2D eigenvalue weighted by molar-refractivity contribution is 7.81. The number of nitrogens with one attached hydrogen (secondary N) is 1. The van der Waals surface area contributed by atoms with Crippen LogP contribution < -0.4 is 15.0 Å². The lowest BCUT2D eigenvalue weighted by atomic mass is 10.2. The van der Waals surface area contributed by atoms with Gasteiger partial charge >= 0.3 is 0 Å². The number of thiophene rings is 1. The first-order chi connectivity index (χ1) is 13.0. The zero-order valence-corrected chi connectivity index (χ0v) is 16.9. The minimum Gasteiger partial charge on any atom is -0.867 e. The van der Waals surface area contributed by atoms with E-state index in [1.54, 1.807) is 41.2 Å². The lowest BCUT2D eigenvalue weighted by molar-refractivity contribution is -0.578. The maximum absolute atomic E-state index is 13.1. The minimum absolute atomic E-state index is 0.130. The van der Waals surface area contributed by atoms with Crippen LogP contribution in [0.4, 0.5) is 5.69 Å². The normalized spacial score (nSPS) is 11.8. The van der Waals surface area contributed by atoms with Crippen molar-refractivity contribution in [3.8, 4) is 0 Å². The minimum atomic E-state index is -0.194. The summed E-state index contributed by atoms with van der Waals surface area (Å²) in [5.74, 6) is -0.194. The van der Waals surface area contributed by atoms with E-state index >= 15 is 0 Å². The predicted molar refractivity (Wildman–Crippen MR) is 112 cm³/mol. The molecule has 4 nitrogen and oxygen atoms in total. The number of hydrogen-bond acceptors (Lipinski definition) is 4. The Hall–Kier alpha value is -2.25. The number of benzene rings is 1. The fraction of sp³-hybridized carbons (Fsp3) is 0.100. The summed E-state index contributed by atoms with van der Waals surface area (Å²) in [6.07, 6.45) is 3.42. The number of aromatic nitrogens is 1. The number of hydrogen-bond donors (Lipinski definition) is 2. The lowest BCUT2D eigenvalue weighted by Gasteiger charge is -2.16. The van der Waals surface area contributed by atoms with Crippen LogP contribution in [0, 0.1) is 6.92 Å². The molecule has 2 heterocycles. The van der Waals surface area contributed by atoms with E-state index in [1.165, 1.54) is 11.3 Å². The third kappa shape index (κ3) is 4.54. The molecule has 0 atom stereocenters. The van der Waals surface area contributed by atoms with Crippen molar-refractivity contribution in [3.05, 3.63) is 81.3 Å². The van der Waals surface area contributed by atoms with Gasteiger partial charge in [-0.25, -0.2) is 0 Å². The molecule has 0 bridgehead atoms. The molecule has 27 heavy (non-hydrogen) atoms. The molecule has 0 aliphatic heterocycles. The second-order valence-corrected chi connectivity index (χ2v) is 7.61. The van der Waals surface area contributed by atoms with Crippen LogP contribution in [0.2, 0.25) is 5.02 Å². The standard InChI is InChI=1S/C20H17ClN2O2S2/c1-13-6-7-15(10-16(13)21)22-20(26)18(19(25)17-5-3-9-27-17)23-8-2-4-14(11-23)12-24/h2-11,24H,12H2,1H3,(H-,22,25,26). The number of anilines is 1. The summed E-state index contributed by atoms with van der Waals surface area (Å²) < 4.78 is 1.64. The molecule has 0 saturated heterocycles. The van der Waals surface area contributed by atoms with Gasteiger partial charge < -0.3 is 15.5 Å². The average Bonchev–Trinajstić information content (AvgIpc) is 3.20. The van der Waals surface area contributed by atoms with E-state index in [2.05, 4.69) is 5.32 Å². The number of pyridine rings is 1. The topological polar surface area (TPSA) is 59.2 Å². The number of aryl methyl sites for hydroxylation is 1. The number of aliphatic hydroxyl groups is 1. The lowest BCUT2D eigenvalue weighted by Crippen LogP contribution is -2.40. The Morgan fingerprint density at radius 2 is 2.11 bits per heavy atom. The van der Waals surface area contributed by atoms with Crippen LogP contribution in [-0.2, 0) is 6.61 Å². The van der Waals surface area contributed by atoms with Gasteiger partial charge in [-0.05, 0) is 47.9 Å². The largest absolute Gasteiger partial charge is 0.867 e. The number of thiocarbonyl (C=S) groups is 1. The summed E-state index contributed by atoms with van der Waals surface area (Å²) in [5, 5.41) is 28.1. The fourth-order valence-corrected chi connectivity index (χ4v) is 3.64. The summed E-state index contributed by atoms with van der Waals surface area (Å²) in [6.45, 7) is 1.79. The van der Waals surface area contributed by atoms with E-state index in [0.717, 1.165) is 5.56 Å². The highest BCUT2D eigenvalue weighted by atomic mass is 35.5. The maximum atomic E-state index is 13.1. The van der Waals surface area contributed by atoms with Gasteiger partial charge in [0, 0.05) is 27.2 Å². The molecule has 1 aromatic carbocycles. The molecule has 0 aliphatic rings. The van der Waals surface area contributed by atoms with Crippen molar-refractivity contribution in [2.24, 2.45) is 0 Å². The van der Waals surface area contributed by atoms with Crippen LogP contribution in [-0.4, -0.2) is 10.1 Å². The molecule has 0 radical (unpaired) electrons. The van der Waals surface area contributed by atoms with Gasteiger partial charge in [0.05, 0.1) is 6.61 Å². The molecule has 2 aromatic heterocycles. The van der Waals surface area contributed by atoms with Crippen molar-refractivity contribution in [3.63, 3.8) is 0 Å². The van der Waals surface area contributed by atoms with Crippen LogP contribution in [0.3, 0.4) is 0 Å². The Bertz CT molecular complexity index is 1000. The number of aliphatic hydroxyl groups excluding tert-OH is 1. The van der Waals surface area contributed by atoms with Crippen molar-refractivity contribution in [1.82, 2.24) is 0 Å². The number of halogens is 1. The van der Waals surface area contributed by atoms with Crippen LogP contribution in [0.25, 0.3) is 11.5 Å². The third-order valence-electron chi connectivity index (χ3n) is 3.91. The van der Waals surface area contributed by atoms with Crippen molar-refractivity contribution in [2.75, 3.05) is 5.32 Å². The van der Waals surface area contributed by atoms with E-state index in [-0.39, 0.29) is 17.4 Å². The Morgan fingerprint density at radius 3 is 2.78 bits per heavy atom. The zero-order valence-electron chi connectivity index (χ0n) is 14.5. The first kappa shape index (κ1) is 19.5. The molecule has 0 unspecified atom stereocenters. The van der Waals surface area contributed by atoms with Gasteiger partial charge in [0.2, 0.25) is 5.70 Å². The van der Waals surface area contributed by atoms with Crippen LogP contribution in [0.5, 0.6) is 0 Å². The molecular formula is C20H17ClN2O2S2. The number of nitrogens with zero attached hydrogens (tertiary/aromatic N) is 1. The monoisotopic (exact) mass is 416 g/mol. The van der Waals surface area contributed by atoms with E-state index < -0.39 is 0 Å². The molecule has 0 amide bonds. The molecular weight excluding hydrogens is 400 g/mol. The molecule has 3 rings (SSSR count). The Morgan fingerprint density at radius 1 is 1.30 bits per heavy atom. The Labute approximate surface area is 172 Å². The van der Waals surface area contributed by atoms with Crippen molar-refractivity contribution < 1.29 is 14.8 Å². The summed E-state index contributed by atoms with van der Waals surface area (Å²) in [5.41, 5.74) is 2.64. The molecule has 0 fully saturated rings. The maximum Gasteiger partial charge on any atom is 0.239 e.